The Kier molecular flexibility index (Phi) is 6.25. The molecule has 2 N–H and O–H groups in total. The molecule has 0 spiro atoms. The molecule has 0 aliphatic heterocycles. The predicted molar refractivity (Wildman–Crippen MR) is 93.6 cm³/mol. The van der Waals surface area contributed by atoms with E-state index in [4.69, 9.17) is 11.0 Å². The highest BCUT2D eigenvalue weighted by Crippen LogP contribution is 2.34. The van der Waals surface area contributed by atoms with Gasteiger partial charge in [0, 0.05) is 11.3 Å². The summed E-state index contributed by atoms with van der Waals surface area (Å²) < 4.78 is 39.4. The summed E-state index contributed by atoms with van der Waals surface area (Å²) in [6.07, 6.45) is -4.80. The molecule has 0 unspecified atom stereocenters. The van der Waals surface area contributed by atoms with Gasteiger partial charge in [0.05, 0.1) is 0 Å². The van der Waals surface area contributed by atoms with Crippen molar-refractivity contribution in [2.24, 2.45) is 10.7 Å². The Balaban J connectivity index is 2.39. The number of aliphatic imine (C=N–C) groups is 1. The standard InChI is InChI=1S/C18H14F3N3S/c19-18(20,21)15(11-22)17(25-12-13-7-3-1-4-8-13)24-16(23)14-9-5-2-6-10-14/h1-10H,12H2,(H2,23,24). The molecule has 0 aliphatic carbocycles. The minimum atomic E-state index is -4.80. The highest BCUT2D eigenvalue weighted by Gasteiger charge is 2.37. The summed E-state index contributed by atoms with van der Waals surface area (Å²) >= 11 is 0.827. The van der Waals surface area contributed by atoms with Crippen LogP contribution in [0.2, 0.25) is 0 Å². The van der Waals surface area contributed by atoms with Crippen LogP contribution in [0.15, 0.2) is 76.3 Å². The van der Waals surface area contributed by atoms with Gasteiger partial charge >= 0.3 is 6.18 Å². The first kappa shape index (κ1) is 18.6. The zero-order chi connectivity index (χ0) is 18.3. The van der Waals surface area contributed by atoms with Crippen LogP contribution in [0.5, 0.6) is 0 Å². The topological polar surface area (TPSA) is 62.2 Å². The number of nitrogens with zero attached hydrogens (tertiary/aromatic N) is 2. The highest BCUT2D eigenvalue weighted by atomic mass is 32.2. The van der Waals surface area contributed by atoms with Gasteiger partial charge in [-0.1, -0.05) is 60.7 Å². The molecule has 2 aromatic carbocycles. The lowest BCUT2D eigenvalue weighted by Crippen LogP contribution is -2.16. The fourth-order valence-electron chi connectivity index (χ4n) is 1.90. The van der Waals surface area contributed by atoms with Crippen molar-refractivity contribution in [3.63, 3.8) is 0 Å². The second-order valence-electron chi connectivity index (χ2n) is 4.93. The number of hydrogen-bond donors (Lipinski definition) is 1. The summed E-state index contributed by atoms with van der Waals surface area (Å²) in [5.41, 5.74) is 5.78. The van der Waals surface area contributed by atoms with Gasteiger partial charge in [0.1, 0.15) is 16.9 Å². The third kappa shape index (κ3) is 5.40. The Morgan fingerprint density at radius 3 is 2.12 bits per heavy atom. The third-order valence-corrected chi connectivity index (χ3v) is 4.17. The smallest absolute Gasteiger partial charge is 0.383 e. The molecule has 0 fully saturated rings. The minimum Gasteiger partial charge on any atom is -0.383 e. The van der Waals surface area contributed by atoms with E-state index >= 15 is 0 Å². The molecule has 25 heavy (non-hydrogen) atoms. The number of amidine groups is 1. The van der Waals surface area contributed by atoms with Crippen LogP contribution >= 0.6 is 11.8 Å². The summed E-state index contributed by atoms with van der Waals surface area (Å²) in [7, 11) is 0. The first-order chi connectivity index (χ1) is 11.9. The van der Waals surface area contributed by atoms with Crippen LogP contribution in [0, 0.1) is 11.3 Å². The quantitative estimate of drug-likeness (QED) is 0.480. The Labute approximate surface area is 147 Å². The zero-order valence-corrected chi connectivity index (χ0v) is 13.8. The van der Waals surface area contributed by atoms with Crippen molar-refractivity contribution < 1.29 is 13.2 Å². The van der Waals surface area contributed by atoms with Crippen LogP contribution in [-0.2, 0) is 5.75 Å². The fraction of sp³-hybridized carbons (Fsp3) is 0.111. The first-order valence-corrected chi connectivity index (χ1v) is 8.18. The Morgan fingerprint density at radius 2 is 1.60 bits per heavy atom. The van der Waals surface area contributed by atoms with Crippen LogP contribution in [0.4, 0.5) is 13.2 Å². The van der Waals surface area contributed by atoms with Crippen LogP contribution < -0.4 is 5.73 Å². The van der Waals surface area contributed by atoms with Crippen molar-refractivity contribution in [2.75, 3.05) is 0 Å². The summed E-state index contributed by atoms with van der Waals surface area (Å²) in [5, 5.41) is 8.52. The van der Waals surface area contributed by atoms with Gasteiger partial charge in [-0.2, -0.15) is 18.4 Å². The molecule has 2 rings (SSSR count). The lowest BCUT2D eigenvalue weighted by molar-refractivity contribution is -0.0877. The molecular weight excluding hydrogens is 347 g/mol. The summed E-state index contributed by atoms with van der Waals surface area (Å²) in [6, 6.07) is 18.6. The first-order valence-electron chi connectivity index (χ1n) is 7.19. The molecule has 128 valence electrons. The van der Waals surface area contributed by atoms with Gasteiger partial charge in [-0.05, 0) is 5.56 Å². The monoisotopic (exact) mass is 361 g/mol. The molecule has 0 radical (unpaired) electrons. The number of hydrogen-bond acceptors (Lipinski definition) is 3. The van der Waals surface area contributed by atoms with Crippen molar-refractivity contribution in [3.05, 3.63) is 82.4 Å². The lowest BCUT2D eigenvalue weighted by Gasteiger charge is -2.10. The molecule has 7 heteroatoms. The maximum Gasteiger partial charge on any atom is 0.428 e. The Bertz CT molecular complexity index is 807. The van der Waals surface area contributed by atoms with Gasteiger partial charge in [-0.25, -0.2) is 4.99 Å². The van der Waals surface area contributed by atoms with Gasteiger partial charge in [-0.15, -0.1) is 11.8 Å². The second-order valence-corrected chi connectivity index (χ2v) is 5.89. The maximum atomic E-state index is 13.1. The second kappa shape index (κ2) is 8.40. The van der Waals surface area contributed by atoms with Gasteiger partial charge in [0.15, 0.2) is 5.57 Å². The normalized spacial score (nSPS) is 13.1. The van der Waals surface area contributed by atoms with Crippen LogP contribution in [0.25, 0.3) is 0 Å². The van der Waals surface area contributed by atoms with E-state index in [0.29, 0.717) is 5.56 Å². The van der Waals surface area contributed by atoms with Crippen molar-refractivity contribution in [1.29, 1.82) is 5.26 Å². The van der Waals surface area contributed by atoms with E-state index in [1.165, 1.54) is 6.07 Å². The van der Waals surface area contributed by atoms with E-state index in [-0.39, 0.29) is 11.6 Å². The van der Waals surface area contributed by atoms with Crippen molar-refractivity contribution in [1.82, 2.24) is 0 Å². The number of halogens is 3. The molecule has 0 bridgehead atoms. The maximum absolute atomic E-state index is 13.1. The largest absolute Gasteiger partial charge is 0.428 e. The molecule has 0 heterocycles. The van der Waals surface area contributed by atoms with E-state index in [2.05, 4.69) is 4.99 Å². The lowest BCUT2D eigenvalue weighted by atomic mass is 10.2. The van der Waals surface area contributed by atoms with Crippen LogP contribution in [-0.4, -0.2) is 12.0 Å². The number of nitrogens with two attached hydrogens (primary N) is 1. The predicted octanol–water partition coefficient (Wildman–Crippen LogP) is 4.62. The SMILES string of the molecule is N#CC(=C(N=C(N)c1ccccc1)SCc1ccccc1)C(F)(F)F. The number of allylic oxidation sites excluding steroid dienone is 1. The third-order valence-electron chi connectivity index (χ3n) is 3.12. The molecule has 0 atom stereocenters. The summed E-state index contributed by atoms with van der Waals surface area (Å²) in [4.78, 5) is 3.89. The number of benzene rings is 2. The summed E-state index contributed by atoms with van der Waals surface area (Å²) in [6.45, 7) is 0. The Hall–Kier alpha value is -2.72. The van der Waals surface area contributed by atoms with Crippen molar-refractivity contribution >= 4 is 17.6 Å². The van der Waals surface area contributed by atoms with Crippen molar-refractivity contribution in [3.8, 4) is 6.07 Å². The molecule has 0 saturated carbocycles. The molecular formula is C18H14F3N3S. The number of thioether (sulfide) groups is 1. The summed E-state index contributed by atoms with van der Waals surface area (Å²) in [5.74, 6) is 0.163. The van der Waals surface area contributed by atoms with E-state index in [1.807, 2.05) is 6.07 Å². The molecule has 0 saturated heterocycles. The number of nitriles is 1. The Morgan fingerprint density at radius 1 is 1.04 bits per heavy atom. The van der Waals surface area contributed by atoms with Gasteiger partial charge in [0.25, 0.3) is 0 Å². The van der Waals surface area contributed by atoms with Crippen molar-refractivity contribution in [2.45, 2.75) is 11.9 Å². The molecule has 2 aromatic rings. The van der Waals surface area contributed by atoms with Crippen LogP contribution in [0.3, 0.4) is 0 Å². The molecule has 0 aliphatic rings. The fourth-order valence-corrected chi connectivity index (χ4v) is 2.87. The van der Waals surface area contributed by atoms with E-state index in [9.17, 15) is 13.2 Å². The molecule has 0 aromatic heterocycles. The number of rotatable bonds is 5. The van der Waals surface area contributed by atoms with Crippen LogP contribution in [0.1, 0.15) is 11.1 Å². The molecule has 0 amide bonds. The number of alkyl halides is 3. The van der Waals surface area contributed by atoms with Gasteiger partial charge < -0.3 is 5.73 Å². The minimum absolute atomic E-state index is 0.0758. The van der Waals surface area contributed by atoms with E-state index in [0.717, 1.165) is 17.3 Å². The van der Waals surface area contributed by atoms with E-state index < -0.39 is 16.8 Å². The zero-order valence-electron chi connectivity index (χ0n) is 13.0. The average Bonchev–Trinajstić information content (AvgIpc) is 2.60. The van der Waals surface area contributed by atoms with Gasteiger partial charge in [0.2, 0.25) is 0 Å². The van der Waals surface area contributed by atoms with Gasteiger partial charge in [-0.3, -0.25) is 0 Å². The highest BCUT2D eigenvalue weighted by molar-refractivity contribution is 8.02. The van der Waals surface area contributed by atoms with E-state index in [1.54, 1.807) is 54.6 Å². The molecule has 3 nitrogen and oxygen atoms in total. The average molecular weight is 361 g/mol.